The minimum Gasteiger partial charge on any atom is -0.489 e. The molecule has 0 bridgehead atoms. The van der Waals surface area contributed by atoms with Crippen LogP contribution in [0.5, 0.6) is 5.75 Å². The van der Waals surface area contributed by atoms with E-state index in [0.717, 1.165) is 23.3 Å². The van der Waals surface area contributed by atoms with Crippen molar-refractivity contribution in [2.45, 2.75) is 32.0 Å². The Hall–Kier alpha value is -2.83. The van der Waals surface area contributed by atoms with Gasteiger partial charge in [-0.3, -0.25) is 4.90 Å². The second-order valence-corrected chi connectivity index (χ2v) is 7.54. The molecular formula is C24H22F3NO2. The summed E-state index contributed by atoms with van der Waals surface area (Å²) in [4.78, 5) is 1.93. The zero-order valence-corrected chi connectivity index (χ0v) is 16.4. The van der Waals surface area contributed by atoms with Crippen LogP contribution >= 0.6 is 0 Å². The van der Waals surface area contributed by atoms with Crippen LogP contribution in [0.3, 0.4) is 0 Å². The summed E-state index contributed by atoms with van der Waals surface area (Å²) in [5, 5.41) is 11.1. The predicted molar refractivity (Wildman–Crippen MR) is 109 cm³/mol. The third-order valence-electron chi connectivity index (χ3n) is 5.23. The van der Waals surface area contributed by atoms with Crippen molar-refractivity contribution in [2.75, 3.05) is 6.54 Å². The molecule has 6 heteroatoms. The molecule has 0 amide bonds. The molecule has 0 fully saturated rings. The fraction of sp³-hybridized carbons (Fsp3) is 0.250. The van der Waals surface area contributed by atoms with Gasteiger partial charge in [-0.05, 0) is 47.9 Å². The second kappa shape index (κ2) is 8.13. The van der Waals surface area contributed by atoms with Gasteiger partial charge in [0.05, 0.1) is 5.56 Å². The van der Waals surface area contributed by atoms with Gasteiger partial charge < -0.3 is 9.84 Å². The maximum absolute atomic E-state index is 12.8. The molecule has 1 N–H and O–H groups in total. The van der Waals surface area contributed by atoms with E-state index < -0.39 is 18.0 Å². The minimum atomic E-state index is -4.37. The fourth-order valence-electron chi connectivity index (χ4n) is 3.74. The van der Waals surface area contributed by atoms with E-state index >= 15 is 0 Å². The smallest absolute Gasteiger partial charge is 0.416 e. The zero-order chi connectivity index (χ0) is 21.3. The monoisotopic (exact) mass is 413 g/mol. The molecule has 156 valence electrons. The van der Waals surface area contributed by atoms with E-state index in [2.05, 4.69) is 0 Å². The highest BCUT2D eigenvalue weighted by molar-refractivity contribution is 5.66. The van der Waals surface area contributed by atoms with Crippen LogP contribution in [0.1, 0.15) is 29.8 Å². The fourth-order valence-corrected chi connectivity index (χ4v) is 3.74. The molecule has 0 saturated heterocycles. The zero-order valence-electron chi connectivity index (χ0n) is 16.4. The SMILES string of the molecule is C[C@H]1CN(Cc2ccccc2)C(O)c2cc(-c3ccc(C(F)(F)F)cc3)ccc2O1. The lowest BCUT2D eigenvalue weighted by molar-refractivity contribution is -0.137. The Labute approximate surface area is 173 Å². The number of aliphatic hydroxyl groups is 1. The summed E-state index contributed by atoms with van der Waals surface area (Å²) in [6.45, 7) is 3.05. The van der Waals surface area contributed by atoms with Crippen molar-refractivity contribution in [3.63, 3.8) is 0 Å². The first-order chi connectivity index (χ1) is 14.3. The van der Waals surface area contributed by atoms with Crippen molar-refractivity contribution in [1.82, 2.24) is 4.90 Å². The molecule has 3 aromatic rings. The molecule has 0 saturated carbocycles. The van der Waals surface area contributed by atoms with Gasteiger partial charge in [0.15, 0.2) is 0 Å². The van der Waals surface area contributed by atoms with E-state index in [1.807, 2.05) is 42.2 Å². The van der Waals surface area contributed by atoms with E-state index in [1.54, 1.807) is 18.2 Å². The summed E-state index contributed by atoms with van der Waals surface area (Å²) in [5.74, 6) is 0.584. The van der Waals surface area contributed by atoms with E-state index in [1.165, 1.54) is 12.1 Å². The van der Waals surface area contributed by atoms with Crippen molar-refractivity contribution >= 4 is 0 Å². The molecule has 0 aliphatic carbocycles. The Balaban J connectivity index is 1.65. The number of nitrogens with zero attached hydrogens (tertiary/aromatic N) is 1. The van der Waals surface area contributed by atoms with Gasteiger partial charge in [-0.25, -0.2) is 0 Å². The largest absolute Gasteiger partial charge is 0.489 e. The lowest BCUT2D eigenvalue weighted by Crippen LogP contribution is -2.33. The highest BCUT2D eigenvalue weighted by atomic mass is 19.4. The Morgan fingerprint density at radius 2 is 1.63 bits per heavy atom. The summed E-state index contributed by atoms with van der Waals surface area (Å²) in [7, 11) is 0. The highest BCUT2D eigenvalue weighted by Gasteiger charge is 2.31. The third kappa shape index (κ3) is 4.35. The normalized spacial score (nSPS) is 19.6. The molecule has 3 nitrogen and oxygen atoms in total. The van der Waals surface area contributed by atoms with E-state index in [-0.39, 0.29) is 6.10 Å². The van der Waals surface area contributed by atoms with Gasteiger partial charge in [0.1, 0.15) is 18.1 Å². The van der Waals surface area contributed by atoms with Gasteiger partial charge in [0.25, 0.3) is 0 Å². The molecule has 4 rings (SSSR count). The van der Waals surface area contributed by atoms with Gasteiger partial charge in [0.2, 0.25) is 0 Å². The first kappa shape index (κ1) is 20.4. The number of hydrogen-bond donors (Lipinski definition) is 1. The van der Waals surface area contributed by atoms with Crippen molar-refractivity contribution in [1.29, 1.82) is 0 Å². The number of hydrogen-bond acceptors (Lipinski definition) is 3. The van der Waals surface area contributed by atoms with E-state index in [4.69, 9.17) is 4.74 Å². The van der Waals surface area contributed by atoms with Crippen molar-refractivity contribution in [3.8, 4) is 16.9 Å². The maximum atomic E-state index is 12.8. The molecule has 0 spiro atoms. The number of halogens is 3. The first-order valence-electron chi connectivity index (χ1n) is 9.75. The van der Waals surface area contributed by atoms with E-state index in [0.29, 0.717) is 30.0 Å². The first-order valence-corrected chi connectivity index (χ1v) is 9.75. The average molecular weight is 413 g/mol. The summed E-state index contributed by atoms with van der Waals surface area (Å²) >= 11 is 0. The number of fused-ring (bicyclic) bond motifs is 1. The van der Waals surface area contributed by atoms with Crippen LogP contribution in [-0.2, 0) is 12.7 Å². The number of ether oxygens (including phenoxy) is 1. The van der Waals surface area contributed by atoms with Crippen LogP contribution in [0.15, 0.2) is 72.8 Å². The molecule has 1 unspecified atom stereocenters. The van der Waals surface area contributed by atoms with Crippen LogP contribution in [-0.4, -0.2) is 22.7 Å². The van der Waals surface area contributed by atoms with Gasteiger partial charge in [0, 0.05) is 18.7 Å². The standard InChI is InChI=1S/C24H22F3NO2/c1-16-14-28(15-17-5-3-2-4-6-17)23(29)21-13-19(9-12-22(21)30-16)18-7-10-20(11-8-18)24(25,26)27/h2-13,16,23,29H,14-15H2,1H3/t16-,23?/m0/s1. The Kier molecular flexibility index (Phi) is 5.54. The van der Waals surface area contributed by atoms with Gasteiger partial charge in [-0.2, -0.15) is 13.2 Å². The van der Waals surface area contributed by atoms with Crippen molar-refractivity contribution in [3.05, 3.63) is 89.5 Å². The van der Waals surface area contributed by atoms with Crippen molar-refractivity contribution < 1.29 is 23.0 Å². The van der Waals surface area contributed by atoms with E-state index in [9.17, 15) is 18.3 Å². The van der Waals surface area contributed by atoms with Gasteiger partial charge >= 0.3 is 6.18 Å². The summed E-state index contributed by atoms with van der Waals surface area (Å²) in [6.07, 6.45) is -5.38. The molecule has 1 aliphatic rings. The summed E-state index contributed by atoms with van der Waals surface area (Å²) in [6, 6.07) is 20.2. The summed E-state index contributed by atoms with van der Waals surface area (Å²) in [5.41, 5.74) is 2.36. The van der Waals surface area contributed by atoms with Crippen molar-refractivity contribution in [2.24, 2.45) is 0 Å². The van der Waals surface area contributed by atoms with Crippen LogP contribution in [0.4, 0.5) is 13.2 Å². The third-order valence-corrected chi connectivity index (χ3v) is 5.23. The molecule has 30 heavy (non-hydrogen) atoms. The molecule has 1 heterocycles. The lowest BCUT2D eigenvalue weighted by Gasteiger charge is -2.27. The predicted octanol–water partition coefficient (Wildman–Crippen LogP) is 5.65. The maximum Gasteiger partial charge on any atom is 0.416 e. The molecule has 2 atom stereocenters. The molecule has 0 radical (unpaired) electrons. The highest BCUT2D eigenvalue weighted by Crippen LogP contribution is 2.37. The van der Waals surface area contributed by atoms with Crippen LogP contribution < -0.4 is 4.74 Å². The average Bonchev–Trinajstić information content (AvgIpc) is 2.84. The number of aliphatic hydroxyl groups excluding tert-OH is 1. The topological polar surface area (TPSA) is 32.7 Å². The Morgan fingerprint density at radius 1 is 0.967 bits per heavy atom. The molecule has 3 aromatic carbocycles. The lowest BCUT2D eigenvalue weighted by atomic mass is 10.00. The molecular weight excluding hydrogens is 391 g/mol. The van der Waals surface area contributed by atoms with Gasteiger partial charge in [-0.15, -0.1) is 0 Å². The quantitative estimate of drug-likeness (QED) is 0.603. The van der Waals surface area contributed by atoms with Gasteiger partial charge in [-0.1, -0.05) is 48.5 Å². The van der Waals surface area contributed by atoms with Crippen LogP contribution in [0.25, 0.3) is 11.1 Å². The minimum absolute atomic E-state index is 0.124. The molecule has 0 aromatic heterocycles. The summed E-state index contributed by atoms with van der Waals surface area (Å²) < 4.78 is 44.5. The number of rotatable bonds is 3. The number of benzene rings is 3. The number of alkyl halides is 3. The van der Waals surface area contributed by atoms with Crippen LogP contribution in [0.2, 0.25) is 0 Å². The Bertz CT molecular complexity index is 1000. The second-order valence-electron chi connectivity index (χ2n) is 7.54. The van der Waals surface area contributed by atoms with Crippen LogP contribution in [0, 0.1) is 0 Å². The molecule has 1 aliphatic heterocycles. The Morgan fingerprint density at radius 3 is 2.30 bits per heavy atom.